The number of ketones is 1. The highest BCUT2D eigenvalue weighted by atomic mass is 32.2. The summed E-state index contributed by atoms with van der Waals surface area (Å²) in [6.45, 7) is 1.38. The zero-order valence-corrected chi connectivity index (χ0v) is 14.5. The van der Waals surface area contributed by atoms with Gasteiger partial charge in [0.15, 0.2) is 5.78 Å². The monoisotopic (exact) mass is 358 g/mol. The van der Waals surface area contributed by atoms with Crippen LogP contribution >= 0.6 is 0 Å². The Kier molecular flexibility index (Phi) is 4.59. The lowest BCUT2D eigenvalue weighted by Gasteiger charge is -2.10. The van der Waals surface area contributed by atoms with Gasteiger partial charge in [0.2, 0.25) is 5.91 Å². The zero-order chi connectivity index (χ0) is 18.0. The summed E-state index contributed by atoms with van der Waals surface area (Å²) in [7, 11) is -3.78. The van der Waals surface area contributed by atoms with Crippen molar-refractivity contribution in [3.8, 4) is 0 Å². The summed E-state index contributed by atoms with van der Waals surface area (Å²) in [5.41, 5.74) is 1.37. The minimum absolute atomic E-state index is 0.0694. The van der Waals surface area contributed by atoms with Gasteiger partial charge in [-0.1, -0.05) is 18.2 Å². The highest BCUT2D eigenvalue weighted by molar-refractivity contribution is 7.92. The lowest BCUT2D eigenvalue weighted by Crippen LogP contribution is -2.14. The van der Waals surface area contributed by atoms with Gasteiger partial charge in [-0.15, -0.1) is 0 Å². The third kappa shape index (κ3) is 4.24. The van der Waals surface area contributed by atoms with Crippen molar-refractivity contribution in [3.63, 3.8) is 0 Å². The van der Waals surface area contributed by atoms with Crippen molar-refractivity contribution in [1.29, 1.82) is 0 Å². The van der Waals surface area contributed by atoms with Gasteiger partial charge >= 0.3 is 0 Å². The van der Waals surface area contributed by atoms with E-state index in [2.05, 4.69) is 10.0 Å². The van der Waals surface area contributed by atoms with Gasteiger partial charge in [0.25, 0.3) is 10.0 Å². The van der Waals surface area contributed by atoms with E-state index in [1.54, 1.807) is 30.3 Å². The van der Waals surface area contributed by atoms with Gasteiger partial charge in [0.05, 0.1) is 10.6 Å². The molecule has 0 bridgehead atoms. The maximum absolute atomic E-state index is 12.5. The largest absolute Gasteiger partial charge is 0.326 e. The molecule has 0 aromatic heterocycles. The first kappa shape index (κ1) is 17.2. The molecule has 2 aromatic carbocycles. The van der Waals surface area contributed by atoms with Gasteiger partial charge in [-0.25, -0.2) is 8.42 Å². The summed E-state index contributed by atoms with van der Waals surface area (Å²) in [6.07, 6.45) is 1.82. The molecule has 1 amide bonds. The first-order chi connectivity index (χ1) is 11.8. The molecule has 130 valence electrons. The molecule has 1 saturated carbocycles. The van der Waals surface area contributed by atoms with Crippen molar-refractivity contribution < 1.29 is 18.0 Å². The highest BCUT2D eigenvalue weighted by Gasteiger charge is 2.30. The predicted octanol–water partition coefficient (Wildman–Crippen LogP) is 3.04. The van der Waals surface area contributed by atoms with Crippen molar-refractivity contribution >= 4 is 33.1 Å². The highest BCUT2D eigenvalue weighted by Crippen LogP contribution is 2.32. The van der Waals surface area contributed by atoms with E-state index in [9.17, 15) is 18.0 Å². The van der Waals surface area contributed by atoms with Gasteiger partial charge in [-0.3, -0.25) is 14.3 Å². The number of Topliss-reactive ketones (excluding diaryl/α,β-unsaturated/α-hetero) is 1. The van der Waals surface area contributed by atoms with Crippen LogP contribution in [-0.2, 0) is 14.8 Å². The average molecular weight is 358 g/mol. The number of carbonyl (C=O) groups excluding carboxylic acids is 2. The van der Waals surface area contributed by atoms with Crippen LogP contribution in [0.25, 0.3) is 0 Å². The van der Waals surface area contributed by atoms with E-state index < -0.39 is 10.0 Å². The second kappa shape index (κ2) is 6.68. The van der Waals surface area contributed by atoms with E-state index in [1.165, 1.54) is 25.1 Å². The topological polar surface area (TPSA) is 92.3 Å². The fourth-order valence-electron chi connectivity index (χ4n) is 2.46. The summed E-state index contributed by atoms with van der Waals surface area (Å²) in [4.78, 5) is 23.2. The maximum Gasteiger partial charge on any atom is 0.261 e. The van der Waals surface area contributed by atoms with Crippen LogP contribution in [0.1, 0.15) is 30.1 Å². The summed E-state index contributed by atoms with van der Waals surface area (Å²) in [5.74, 6) is -0.0760. The minimum Gasteiger partial charge on any atom is -0.326 e. The van der Waals surface area contributed by atoms with E-state index in [0.717, 1.165) is 12.8 Å². The molecule has 0 spiro atoms. The first-order valence-corrected chi connectivity index (χ1v) is 9.38. The van der Waals surface area contributed by atoms with E-state index in [4.69, 9.17) is 0 Å². The Hall–Kier alpha value is -2.67. The second-order valence-electron chi connectivity index (χ2n) is 6.03. The van der Waals surface area contributed by atoms with Gasteiger partial charge in [-0.2, -0.15) is 0 Å². The van der Waals surface area contributed by atoms with Crippen LogP contribution in [0, 0.1) is 5.92 Å². The molecule has 0 atom stereocenters. The number of carbonyl (C=O) groups is 2. The third-order valence-corrected chi connectivity index (χ3v) is 5.23. The van der Waals surface area contributed by atoms with Crippen LogP contribution < -0.4 is 10.0 Å². The summed E-state index contributed by atoms with van der Waals surface area (Å²) >= 11 is 0. The van der Waals surface area contributed by atoms with Crippen LogP contribution in [0.15, 0.2) is 53.4 Å². The summed E-state index contributed by atoms with van der Waals surface area (Å²) in [6, 6.07) is 12.4. The summed E-state index contributed by atoms with van der Waals surface area (Å²) < 4.78 is 27.4. The molecule has 1 aliphatic carbocycles. The van der Waals surface area contributed by atoms with Crippen molar-refractivity contribution in [3.05, 3.63) is 54.1 Å². The first-order valence-electron chi connectivity index (χ1n) is 7.90. The van der Waals surface area contributed by atoms with Crippen LogP contribution in [0.4, 0.5) is 11.4 Å². The minimum atomic E-state index is -3.78. The Labute approximate surface area is 146 Å². The number of rotatable bonds is 6. The van der Waals surface area contributed by atoms with Crippen molar-refractivity contribution in [1.82, 2.24) is 0 Å². The van der Waals surface area contributed by atoms with Gasteiger partial charge in [-0.05, 0) is 43.2 Å². The molecule has 2 N–H and O–H groups in total. The Balaban J connectivity index is 1.77. The molecule has 3 rings (SSSR count). The Morgan fingerprint density at radius 2 is 1.64 bits per heavy atom. The van der Waals surface area contributed by atoms with Crippen molar-refractivity contribution in [2.75, 3.05) is 10.0 Å². The molecular formula is C18H18N2O4S. The number of hydrogen-bond donors (Lipinski definition) is 2. The van der Waals surface area contributed by atoms with Gasteiger partial charge in [0, 0.05) is 24.1 Å². The molecule has 2 aromatic rings. The molecule has 1 aliphatic rings. The van der Waals surface area contributed by atoms with E-state index in [1.807, 2.05) is 0 Å². The summed E-state index contributed by atoms with van der Waals surface area (Å²) in [5, 5.41) is 2.60. The molecule has 0 unspecified atom stereocenters. The molecule has 1 fully saturated rings. The number of benzene rings is 2. The smallest absolute Gasteiger partial charge is 0.261 e. The number of amides is 1. The van der Waals surface area contributed by atoms with E-state index in [0.29, 0.717) is 16.9 Å². The average Bonchev–Trinajstić information content (AvgIpc) is 3.38. The Bertz CT molecular complexity index is 916. The van der Waals surface area contributed by atoms with Crippen LogP contribution in [0.3, 0.4) is 0 Å². The molecular weight excluding hydrogens is 340 g/mol. The fourth-order valence-corrected chi connectivity index (χ4v) is 3.51. The standard InChI is InChI=1S/C18H18N2O4S/c1-12(21)19-15-3-2-4-16(11-15)20-25(23,24)17-9-7-14(8-10-17)18(22)13-5-6-13/h2-4,7-11,13,20H,5-6H2,1H3,(H,19,21). The number of anilines is 2. The third-order valence-electron chi connectivity index (χ3n) is 3.83. The van der Waals surface area contributed by atoms with E-state index in [-0.39, 0.29) is 22.5 Å². The maximum atomic E-state index is 12.5. The van der Waals surface area contributed by atoms with E-state index >= 15 is 0 Å². The quantitative estimate of drug-likeness (QED) is 0.776. The predicted molar refractivity (Wildman–Crippen MR) is 95.1 cm³/mol. The van der Waals surface area contributed by atoms with Crippen LogP contribution in [-0.4, -0.2) is 20.1 Å². The molecule has 25 heavy (non-hydrogen) atoms. The molecule has 6 nitrogen and oxygen atoms in total. The van der Waals surface area contributed by atoms with Crippen LogP contribution in [0.2, 0.25) is 0 Å². The second-order valence-corrected chi connectivity index (χ2v) is 7.71. The number of nitrogens with one attached hydrogen (secondary N) is 2. The van der Waals surface area contributed by atoms with Crippen molar-refractivity contribution in [2.24, 2.45) is 5.92 Å². The number of hydrogen-bond acceptors (Lipinski definition) is 4. The molecule has 0 saturated heterocycles. The van der Waals surface area contributed by atoms with Crippen LogP contribution in [0.5, 0.6) is 0 Å². The molecule has 0 radical (unpaired) electrons. The fraction of sp³-hybridized carbons (Fsp3) is 0.222. The van der Waals surface area contributed by atoms with Gasteiger partial charge in [0.1, 0.15) is 0 Å². The lowest BCUT2D eigenvalue weighted by molar-refractivity contribution is -0.114. The molecule has 7 heteroatoms. The van der Waals surface area contributed by atoms with Gasteiger partial charge < -0.3 is 5.32 Å². The lowest BCUT2D eigenvalue weighted by atomic mass is 10.1. The Morgan fingerprint density at radius 3 is 2.24 bits per heavy atom. The zero-order valence-electron chi connectivity index (χ0n) is 13.7. The molecule has 0 aliphatic heterocycles. The molecule has 0 heterocycles. The SMILES string of the molecule is CC(=O)Nc1cccc(NS(=O)(=O)c2ccc(C(=O)C3CC3)cc2)c1. The normalized spacial score (nSPS) is 14.0. The van der Waals surface area contributed by atoms with Crippen molar-refractivity contribution in [2.45, 2.75) is 24.7 Å². The Morgan fingerprint density at radius 1 is 1.00 bits per heavy atom. The number of sulfonamides is 1.